The molecular weight excluding hydrogens is 208 g/mol. The van der Waals surface area contributed by atoms with Crippen LogP contribution in [0.1, 0.15) is 38.7 Å². The predicted molar refractivity (Wildman–Crippen MR) is 76.6 cm³/mol. The minimum absolute atomic E-state index is 0.474. The van der Waals surface area contributed by atoms with E-state index in [-0.39, 0.29) is 0 Å². The minimum atomic E-state index is 0.474. The number of unbranched alkanes of at least 4 members (excludes halogenated alkanes) is 1. The van der Waals surface area contributed by atoms with Crippen LogP contribution < -0.4 is 10.6 Å². The summed E-state index contributed by atoms with van der Waals surface area (Å²) in [5, 5.41) is 0. The van der Waals surface area contributed by atoms with Gasteiger partial charge < -0.3 is 10.6 Å². The van der Waals surface area contributed by atoms with Crippen LogP contribution in [-0.4, -0.2) is 19.1 Å². The Balaban J connectivity index is 2.81. The van der Waals surface area contributed by atoms with E-state index in [1.807, 2.05) is 0 Å². The molecule has 0 saturated carbocycles. The minimum Gasteiger partial charge on any atom is -0.368 e. The maximum atomic E-state index is 5.92. The Kier molecular flexibility index (Phi) is 6.06. The second kappa shape index (κ2) is 7.33. The number of rotatable bonds is 7. The second-order valence-corrected chi connectivity index (χ2v) is 4.66. The van der Waals surface area contributed by atoms with Crippen molar-refractivity contribution in [3.63, 3.8) is 0 Å². The van der Waals surface area contributed by atoms with Crippen molar-refractivity contribution in [3.05, 3.63) is 29.8 Å². The molecule has 2 heteroatoms. The molecule has 2 N–H and O–H groups in total. The summed E-state index contributed by atoms with van der Waals surface area (Å²) in [5.74, 6) is 0. The van der Waals surface area contributed by atoms with Crippen molar-refractivity contribution in [2.45, 2.75) is 46.1 Å². The van der Waals surface area contributed by atoms with Gasteiger partial charge in [-0.2, -0.15) is 0 Å². The van der Waals surface area contributed by atoms with Crippen LogP contribution >= 0.6 is 0 Å². The molecule has 0 aliphatic heterocycles. The molecule has 1 unspecified atom stereocenters. The van der Waals surface area contributed by atoms with Gasteiger partial charge in [-0.1, -0.05) is 31.9 Å². The van der Waals surface area contributed by atoms with E-state index in [9.17, 15) is 0 Å². The molecule has 1 aromatic rings. The summed E-state index contributed by atoms with van der Waals surface area (Å²) < 4.78 is 0. The van der Waals surface area contributed by atoms with Crippen LogP contribution in [-0.2, 0) is 0 Å². The average molecular weight is 234 g/mol. The highest BCUT2D eigenvalue weighted by atomic mass is 15.2. The van der Waals surface area contributed by atoms with Crippen molar-refractivity contribution < 1.29 is 0 Å². The fourth-order valence-corrected chi connectivity index (χ4v) is 2.30. The van der Waals surface area contributed by atoms with Gasteiger partial charge in [0.15, 0.2) is 0 Å². The van der Waals surface area contributed by atoms with Crippen LogP contribution in [0.3, 0.4) is 0 Å². The molecule has 0 amide bonds. The molecule has 17 heavy (non-hydrogen) atoms. The number of nitrogens with zero attached hydrogens (tertiary/aromatic N) is 1. The molecule has 0 aliphatic carbocycles. The first-order valence-corrected chi connectivity index (χ1v) is 6.76. The maximum absolute atomic E-state index is 5.92. The van der Waals surface area contributed by atoms with Gasteiger partial charge in [-0.05, 0) is 38.0 Å². The van der Waals surface area contributed by atoms with Gasteiger partial charge in [-0.3, -0.25) is 0 Å². The molecule has 0 heterocycles. The van der Waals surface area contributed by atoms with E-state index in [0.29, 0.717) is 6.04 Å². The van der Waals surface area contributed by atoms with Crippen molar-refractivity contribution in [2.75, 3.05) is 18.0 Å². The Hall–Kier alpha value is -1.02. The molecule has 0 spiro atoms. The highest BCUT2D eigenvalue weighted by Crippen LogP contribution is 2.20. The molecule has 0 bridgehead atoms. The molecule has 1 rings (SSSR count). The number of hydrogen-bond donors (Lipinski definition) is 1. The smallest absolute Gasteiger partial charge is 0.0412 e. The van der Waals surface area contributed by atoms with E-state index in [0.717, 1.165) is 13.1 Å². The van der Waals surface area contributed by atoms with E-state index in [2.05, 4.69) is 49.9 Å². The fraction of sp³-hybridized carbons (Fsp3) is 0.600. The maximum Gasteiger partial charge on any atom is 0.0412 e. The van der Waals surface area contributed by atoms with Gasteiger partial charge in [0.05, 0.1) is 0 Å². The van der Waals surface area contributed by atoms with Gasteiger partial charge in [0.1, 0.15) is 0 Å². The fourth-order valence-electron chi connectivity index (χ4n) is 2.30. The molecule has 0 aromatic heterocycles. The summed E-state index contributed by atoms with van der Waals surface area (Å²) in [6.07, 6.45) is 3.68. The van der Waals surface area contributed by atoms with Crippen molar-refractivity contribution in [2.24, 2.45) is 5.73 Å². The van der Waals surface area contributed by atoms with Gasteiger partial charge >= 0.3 is 0 Å². The van der Waals surface area contributed by atoms with Crippen molar-refractivity contribution in [3.8, 4) is 0 Å². The third-order valence-electron chi connectivity index (χ3n) is 3.28. The Morgan fingerprint density at radius 1 is 1.29 bits per heavy atom. The summed E-state index contributed by atoms with van der Waals surface area (Å²) in [5.41, 5.74) is 8.54. The first kappa shape index (κ1) is 14.0. The van der Waals surface area contributed by atoms with E-state index in [1.165, 1.54) is 30.5 Å². The highest BCUT2D eigenvalue weighted by molar-refractivity contribution is 5.49. The molecule has 1 atom stereocenters. The molecular formula is C15H26N2. The van der Waals surface area contributed by atoms with E-state index < -0.39 is 0 Å². The number of anilines is 1. The third-order valence-corrected chi connectivity index (χ3v) is 3.28. The summed E-state index contributed by atoms with van der Waals surface area (Å²) in [6, 6.07) is 9.17. The summed E-state index contributed by atoms with van der Waals surface area (Å²) >= 11 is 0. The van der Waals surface area contributed by atoms with E-state index in [1.54, 1.807) is 0 Å². The Morgan fingerprint density at radius 3 is 2.59 bits per heavy atom. The monoisotopic (exact) mass is 234 g/mol. The standard InChI is InChI=1S/C15H26N2/c1-4-6-9-15(12-16)17(5-2)14-10-7-8-13(3)11-14/h7-8,10-11,15H,4-6,9,12,16H2,1-3H3. The molecule has 0 aliphatic rings. The zero-order valence-electron chi connectivity index (χ0n) is 11.4. The molecule has 0 saturated heterocycles. The van der Waals surface area contributed by atoms with Gasteiger partial charge in [0.2, 0.25) is 0 Å². The van der Waals surface area contributed by atoms with Crippen LogP contribution in [0.2, 0.25) is 0 Å². The second-order valence-electron chi connectivity index (χ2n) is 4.66. The number of likely N-dealkylation sites (N-methyl/N-ethyl adjacent to an activating group) is 1. The topological polar surface area (TPSA) is 29.3 Å². The lowest BCUT2D eigenvalue weighted by Gasteiger charge is -2.32. The first-order chi connectivity index (χ1) is 8.22. The van der Waals surface area contributed by atoms with E-state index in [4.69, 9.17) is 5.73 Å². The summed E-state index contributed by atoms with van der Waals surface area (Å²) in [7, 11) is 0. The largest absolute Gasteiger partial charge is 0.368 e. The Morgan fingerprint density at radius 2 is 2.06 bits per heavy atom. The number of nitrogens with two attached hydrogens (primary N) is 1. The van der Waals surface area contributed by atoms with Crippen LogP contribution in [0.15, 0.2) is 24.3 Å². The Labute approximate surface area is 106 Å². The van der Waals surface area contributed by atoms with Crippen LogP contribution in [0.5, 0.6) is 0 Å². The third kappa shape index (κ3) is 4.04. The predicted octanol–water partition coefficient (Wildman–Crippen LogP) is 3.34. The zero-order valence-corrected chi connectivity index (χ0v) is 11.4. The van der Waals surface area contributed by atoms with Crippen molar-refractivity contribution in [1.82, 2.24) is 0 Å². The molecule has 2 nitrogen and oxygen atoms in total. The quantitative estimate of drug-likeness (QED) is 0.784. The van der Waals surface area contributed by atoms with Crippen molar-refractivity contribution in [1.29, 1.82) is 0 Å². The summed E-state index contributed by atoms with van der Waals surface area (Å²) in [4.78, 5) is 2.43. The van der Waals surface area contributed by atoms with Crippen LogP contribution in [0.25, 0.3) is 0 Å². The lowest BCUT2D eigenvalue weighted by molar-refractivity contribution is 0.539. The molecule has 0 fully saturated rings. The Bertz CT molecular complexity index is 322. The van der Waals surface area contributed by atoms with Crippen LogP contribution in [0.4, 0.5) is 5.69 Å². The van der Waals surface area contributed by atoms with Crippen molar-refractivity contribution >= 4 is 5.69 Å². The molecule has 1 aromatic carbocycles. The number of hydrogen-bond acceptors (Lipinski definition) is 2. The number of aryl methyl sites for hydroxylation is 1. The highest BCUT2D eigenvalue weighted by Gasteiger charge is 2.15. The van der Waals surface area contributed by atoms with Gasteiger partial charge in [0.25, 0.3) is 0 Å². The zero-order chi connectivity index (χ0) is 12.7. The lowest BCUT2D eigenvalue weighted by atomic mass is 10.1. The van der Waals surface area contributed by atoms with Crippen LogP contribution in [0, 0.1) is 6.92 Å². The van der Waals surface area contributed by atoms with Gasteiger partial charge in [-0.15, -0.1) is 0 Å². The van der Waals surface area contributed by atoms with Gasteiger partial charge in [0, 0.05) is 24.8 Å². The summed E-state index contributed by atoms with van der Waals surface area (Å²) in [6.45, 7) is 8.34. The van der Waals surface area contributed by atoms with E-state index >= 15 is 0 Å². The SMILES string of the molecule is CCCCC(CN)N(CC)c1cccc(C)c1. The molecule has 96 valence electrons. The number of benzene rings is 1. The molecule has 0 radical (unpaired) electrons. The van der Waals surface area contributed by atoms with Gasteiger partial charge in [-0.25, -0.2) is 0 Å². The average Bonchev–Trinajstić information content (AvgIpc) is 2.34. The first-order valence-electron chi connectivity index (χ1n) is 6.76. The normalized spacial score (nSPS) is 12.5. The lowest BCUT2D eigenvalue weighted by Crippen LogP contribution is -2.40.